The van der Waals surface area contributed by atoms with E-state index in [4.69, 9.17) is 13.0 Å². The van der Waals surface area contributed by atoms with Gasteiger partial charge in [-0.3, -0.25) is 4.79 Å². The summed E-state index contributed by atoms with van der Waals surface area (Å²) in [6, 6.07) is 8.44. The lowest BCUT2D eigenvalue weighted by atomic mass is 9.94. The molecule has 0 bridgehead atoms. The van der Waals surface area contributed by atoms with E-state index in [2.05, 4.69) is 62.2 Å². The van der Waals surface area contributed by atoms with Gasteiger partial charge >= 0.3 is 0 Å². The summed E-state index contributed by atoms with van der Waals surface area (Å²) in [7, 11) is -1.57. The Morgan fingerprint density at radius 2 is 1.76 bits per heavy atom. The summed E-state index contributed by atoms with van der Waals surface area (Å²) in [5.41, 5.74) is 2.42. The van der Waals surface area contributed by atoms with Crippen LogP contribution in [0.1, 0.15) is 50.2 Å². The molecule has 0 saturated carbocycles. The van der Waals surface area contributed by atoms with Crippen molar-refractivity contribution in [2.75, 3.05) is 51.0 Å². The second-order valence-corrected chi connectivity index (χ2v) is 10.9. The highest BCUT2D eigenvalue weighted by atomic mass is 32.2. The molecule has 0 unspecified atom stereocenters. The van der Waals surface area contributed by atoms with Crippen LogP contribution in [0, 0.1) is 0 Å². The van der Waals surface area contributed by atoms with Crippen molar-refractivity contribution in [1.29, 1.82) is 0 Å². The van der Waals surface area contributed by atoms with Gasteiger partial charge in [0.1, 0.15) is 0 Å². The van der Waals surface area contributed by atoms with Gasteiger partial charge in [0, 0.05) is 30.7 Å². The number of hydrogen-bond donors (Lipinski definition) is 1. The lowest BCUT2D eigenvalue weighted by Crippen LogP contribution is -2.51. The molecule has 1 saturated heterocycles. The van der Waals surface area contributed by atoms with Gasteiger partial charge in [0.2, 0.25) is 5.91 Å². The number of thioether (sulfide) groups is 1. The Kier molecular flexibility index (Phi) is 10.7. The second kappa shape index (κ2) is 11.9. The van der Waals surface area contributed by atoms with Crippen molar-refractivity contribution in [1.82, 2.24) is 5.32 Å². The summed E-state index contributed by atoms with van der Waals surface area (Å²) in [6.45, 7) is 10.9. The van der Waals surface area contributed by atoms with Crippen molar-refractivity contribution in [3.05, 3.63) is 35.4 Å². The van der Waals surface area contributed by atoms with Crippen molar-refractivity contribution in [2.45, 2.75) is 39.0 Å². The van der Waals surface area contributed by atoms with Gasteiger partial charge in [-0.2, -0.15) is 11.8 Å². The predicted octanol–water partition coefficient (Wildman–Crippen LogP) is 2.77. The monoisotopic (exact) mass is 444 g/mol. The van der Waals surface area contributed by atoms with Crippen LogP contribution in [0.2, 0.25) is 0 Å². The zero-order valence-corrected chi connectivity index (χ0v) is 19.9. The Hall–Kier alpha value is -1.09. The van der Waals surface area contributed by atoms with Crippen LogP contribution in [0.25, 0.3) is 0 Å². The maximum absolute atomic E-state index is 12.4. The Labute approximate surface area is 180 Å². The van der Waals surface area contributed by atoms with Crippen LogP contribution >= 0.6 is 11.8 Å². The molecule has 166 valence electrons. The van der Waals surface area contributed by atoms with E-state index in [0.717, 1.165) is 29.6 Å². The van der Waals surface area contributed by atoms with Gasteiger partial charge in [0.15, 0.2) is 0 Å². The fraction of sp³-hybridized carbons (Fsp3) is 0.667. The van der Waals surface area contributed by atoms with Gasteiger partial charge in [0.25, 0.3) is 0 Å². The van der Waals surface area contributed by atoms with E-state index in [1.807, 2.05) is 6.92 Å². The Bertz CT molecular complexity index is 737. The van der Waals surface area contributed by atoms with Crippen molar-refractivity contribution >= 4 is 27.8 Å². The van der Waals surface area contributed by atoms with Crippen LogP contribution in [-0.4, -0.2) is 74.3 Å². The lowest BCUT2D eigenvalue weighted by Gasteiger charge is -2.37. The molecule has 2 rings (SSSR count). The molecule has 1 N–H and O–H groups in total. The number of hydrogen-bond acceptors (Lipinski definition) is 5. The molecular weight excluding hydrogens is 408 g/mol. The lowest BCUT2D eigenvalue weighted by molar-refractivity contribution is -0.906. The molecule has 0 radical (unpaired) electrons. The summed E-state index contributed by atoms with van der Waals surface area (Å²) in [5.74, 6) is 3.10. The minimum atomic E-state index is -3.92. The number of nitrogens with one attached hydrogen (secondary N) is 1. The molecule has 1 aromatic carbocycles. The van der Waals surface area contributed by atoms with Crippen LogP contribution in [0.4, 0.5) is 0 Å². The van der Waals surface area contributed by atoms with Gasteiger partial charge in [-0.15, -0.1) is 0 Å². The number of nitrogens with zero attached hydrogens (tertiary/aromatic N) is 1. The molecule has 0 aliphatic carbocycles. The smallest absolute Gasteiger partial charge is 0.227 e. The summed E-state index contributed by atoms with van der Waals surface area (Å²) in [5, 5.41) is 3.13. The van der Waals surface area contributed by atoms with E-state index in [1.54, 1.807) is 0 Å². The zero-order chi connectivity index (χ0) is 22.1. The van der Waals surface area contributed by atoms with E-state index < -0.39 is 10.1 Å². The van der Waals surface area contributed by atoms with Gasteiger partial charge in [-0.25, -0.2) is 8.42 Å². The average molecular weight is 445 g/mol. The van der Waals surface area contributed by atoms with Crippen molar-refractivity contribution in [3.63, 3.8) is 0 Å². The third-order valence-electron chi connectivity index (χ3n) is 5.20. The van der Waals surface area contributed by atoms with Crippen LogP contribution in [0.3, 0.4) is 0 Å². The highest BCUT2D eigenvalue weighted by Crippen LogP contribution is 2.21. The van der Waals surface area contributed by atoms with Crippen LogP contribution in [0.5, 0.6) is 0 Å². The Morgan fingerprint density at radius 1 is 1.21 bits per heavy atom. The number of quaternary nitrogens is 1. The molecule has 8 heteroatoms. The standard InChI is InChI=1S/C20H32N2OS.CH4O3S/c1-16(2)18-7-5-8-19(15-18)17(3)20(23)21-9-6-10-22(4)11-13-24-14-12-22;1-5(2,3)4/h5,7-8,15-17H,6,9-14H2,1-4H3;1H3,(H,2,3,4)/t17-;/m1./s1. The summed E-state index contributed by atoms with van der Waals surface area (Å²) in [6.07, 6.45) is 1.67. The zero-order valence-electron chi connectivity index (χ0n) is 18.3. The van der Waals surface area contributed by atoms with Crippen molar-refractivity contribution < 1.29 is 22.2 Å². The summed E-state index contributed by atoms with van der Waals surface area (Å²) in [4.78, 5) is 12.4. The van der Waals surface area contributed by atoms with E-state index in [9.17, 15) is 4.79 Å². The maximum Gasteiger partial charge on any atom is 0.227 e. The number of carbonyl (C=O) groups is 1. The normalized spacial score (nSPS) is 17.2. The molecular formula is C21H36N2O4S2. The first-order valence-corrected chi connectivity index (χ1v) is 13.1. The number of amides is 1. The largest absolute Gasteiger partial charge is 0.748 e. The number of rotatable bonds is 7. The van der Waals surface area contributed by atoms with Crippen molar-refractivity contribution in [3.8, 4) is 0 Å². The van der Waals surface area contributed by atoms with Crippen LogP contribution < -0.4 is 5.32 Å². The fourth-order valence-corrected chi connectivity index (χ4v) is 4.52. The number of benzene rings is 1. The predicted molar refractivity (Wildman–Crippen MR) is 120 cm³/mol. The molecule has 1 aromatic rings. The van der Waals surface area contributed by atoms with Crippen LogP contribution in [0.15, 0.2) is 24.3 Å². The quantitative estimate of drug-likeness (QED) is 0.397. The van der Waals surface area contributed by atoms with Gasteiger partial charge in [-0.1, -0.05) is 38.1 Å². The molecule has 6 nitrogen and oxygen atoms in total. The first-order valence-electron chi connectivity index (χ1n) is 10.1. The van der Waals surface area contributed by atoms with Crippen molar-refractivity contribution in [2.24, 2.45) is 0 Å². The molecule has 0 aromatic heterocycles. The van der Waals surface area contributed by atoms with E-state index in [1.165, 1.54) is 30.2 Å². The highest BCUT2D eigenvalue weighted by Gasteiger charge is 2.24. The molecule has 1 aliphatic rings. The minimum absolute atomic E-state index is 0.0835. The van der Waals surface area contributed by atoms with E-state index in [-0.39, 0.29) is 11.8 Å². The topological polar surface area (TPSA) is 86.3 Å². The molecule has 0 spiro atoms. The fourth-order valence-electron chi connectivity index (χ4n) is 3.17. The third-order valence-corrected chi connectivity index (χ3v) is 6.14. The minimum Gasteiger partial charge on any atom is -0.748 e. The van der Waals surface area contributed by atoms with Gasteiger partial charge in [-0.05, 0) is 24.0 Å². The molecule has 1 fully saturated rings. The van der Waals surface area contributed by atoms with Gasteiger partial charge in [0.05, 0.1) is 42.7 Å². The maximum atomic E-state index is 12.4. The van der Waals surface area contributed by atoms with Gasteiger partial charge < -0.3 is 14.4 Å². The molecule has 1 aliphatic heterocycles. The van der Waals surface area contributed by atoms with E-state index in [0.29, 0.717) is 12.2 Å². The second-order valence-electron chi connectivity index (χ2n) is 8.30. The summed E-state index contributed by atoms with van der Waals surface area (Å²) >= 11 is 2.06. The average Bonchev–Trinajstić information content (AvgIpc) is 2.64. The molecule has 1 heterocycles. The van der Waals surface area contributed by atoms with E-state index >= 15 is 0 Å². The Balaban J connectivity index is 0.000000749. The Morgan fingerprint density at radius 3 is 2.31 bits per heavy atom. The number of carbonyl (C=O) groups excluding carboxylic acids is 1. The summed E-state index contributed by atoms with van der Waals surface area (Å²) < 4.78 is 28.4. The first kappa shape index (κ1) is 25.9. The first-order chi connectivity index (χ1) is 13.4. The third kappa shape index (κ3) is 11.0. The van der Waals surface area contributed by atoms with Crippen LogP contribution in [-0.2, 0) is 14.9 Å². The molecule has 1 amide bonds. The molecule has 29 heavy (non-hydrogen) atoms. The SMILES string of the molecule is CC(C)c1cccc([C@@H](C)C(=O)NCCC[N+]2(C)CCSCC2)c1.CS(=O)(=O)[O-]. The highest BCUT2D eigenvalue weighted by molar-refractivity contribution is 7.99. The molecule has 1 atom stereocenters.